The van der Waals surface area contributed by atoms with Gasteiger partial charge in [0.1, 0.15) is 6.61 Å². The molecule has 1 N–H and O–H groups in total. The summed E-state index contributed by atoms with van der Waals surface area (Å²) >= 11 is 1.53. The predicted octanol–water partition coefficient (Wildman–Crippen LogP) is 3.65. The lowest BCUT2D eigenvalue weighted by Gasteiger charge is -2.32. The maximum absolute atomic E-state index is 12.8. The van der Waals surface area contributed by atoms with Gasteiger partial charge in [0.2, 0.25) is 0 Å². The number of aromatic nitrogens is 1. The van der Waals surface area contributed by atoms with Crippen LogP contribution in [0.15, 0.2) is 29.1 Å². The third-order valence-corrected chi connectivity index (χ3v) is 5.30. The molecule has 1 aliphatic heterocycles. The number of methoxy groups -OCH3 is 1. The first-order valence-electron chi connectivity index (χ1n) is 8.83. The second-order valence-electron chi connectivity index (χ2n) is 6.43. The van der Waals surface area contributed by atoms with Gasteiger partial charge < -0.3 is 19.7 Å². The van der Waals surface area contributed by atoms with Crippen LogP contribution in [0.4, 0.5) is 0 Å². The highest BCUT2D eigenvalue weighted by Crippen LogP contribution is 2.30. The van der Waals surface area contributed by atoms with Gasteiger partial charge in [0, 0.05) is 24.0 Å². The van der Waals surface area contributed by atoms with Crippen LogP contribution >= 0.6 is 36.2 Å². The summed E-state index contributed by atoms with van der Waals surface area (Å²) in [6.45, 7) is 3.00. The Labute approximate surface area is 182 Å². The van der Waals surface area contributed by atoms with E-state index < -0.39 is 0 Å². The van der Waals surface area contributed by atoms with Gasteiger partial charge >= 0.3 is 0 Å². The van der Waals surface area contributed by atoms with Gasteiger partial charge in [0.15, 0.2) is 11.5 Å². The molecule has 0 radical (unpaired) electrons. The zero-order chi connectivity index (χ0) is 18.4. The number of rotatable bonds is 7. The number of ether oxygens (including phenoxy) is 2. The molecule has 2 heterocycles. The number of nitrogens with one attached hydrogen (secondary N) is 1. The SMILES string of the molecule is CNCC1CCN(C(=O)c2ccc(OCc3cscn3)c(OC)c2)CC1.Cl.Cl. The van der Waals surface area contributed by atoms with Crippen LogP contribution < -0.4 is 14.8 Å². The van der Waals surface area contributed by atoms with Crippen molar-refractivity contribution in [2.75, 3.05) is 33.8 Å². The normalized spacial score (nSPS) is 14.0. The fourth-order valence-corrected chi connectivity index (χ4v) is 3.73. The topological polar surface area (TPSA) is 63.7 Å². The number of nitrogens with zero attached hydrogens (tertiary/aromatic N) is 2. The minimum Gasteiger partial charge on any atom is -0.493 e. The van der Waals surface area contributed by atoms with E-state index in [9.17, 15) is 4.79 Å². The van der Waals surface area contributed by atoms with Gasteiger partial charge in [-0.2, -0.15) is 0 Å². The maximum Gasteiger partial charge on any atom is 0.253 e. The van der Waals surface area contributed by atoms with Crippen molar-refractivity contribution in [1.82, 2.24) is 15.2 Å². The smallest absolute Gasteiger partial charge is 0.253 e. The standard InChI is InChI=1S/C19H25N3O3S.2ClH/c1-20-10-14-5-7-22(8-6-14)19(23)15-3-4-17(18(9-15)24-2)25-11-16-12-26-13-21-16;;/h3-4,9,12-14,20H,5-8,10-11H2,1-2H3;2*1H. The minimum absolute atomic E-state index is 0. The average Bonchev–Trinajstić information content (AvgIpc) is 3.20. The number of amides is 1. The molecule has 2 aromatic rings. The van der Waals surface area contributed by atoms with Gasteiger partial charge in [-0.15, -0.1) is 36.2 Å². The Kier molecular flexibility index (Phi) is 10.6. The Morgan fingerprint density at radius 2 is 2.04 bits per heavy atom. The highest BCUT2D eigenvalue weighted by molar-refractivity contribution is 7.07. The van der Waals surface area contributed by atoms with Crippen molar-refractivity contribution >= 4 is 42.1 Å². The molecule has 0 unspecified atom stereocenters. The molecule has 0 bridgehead atoms. The van der Waals surface area contributed by atoms with Crippen LogP contribution in [0.1, 0.15) is 28.9 Å². The van der Waals surface area contributed by atoms with Gasteiger partial charge in [-0.05, 0) is 50.6 Å². The zero-order valence-corrected chi connectivity index (χ0v) is 18.5. The van der Waals surface area contributed by atoms with E-state index in [2.05, 4.69) is 10.3 Å². The van der Waals surface area contributed by atoms with E-state index >= 15 is 0 Å². The molecular formula is C19H27Cl2N3O3S. The third kappa shape index (κ3) is 6.24. The lowest BCUT2D eigenvalue weighted by molar-refractivity contribution is 0.0690. The van der Waals surface area contributed by atoms with Crippen LogP contribution in [0.5, 0.6) is 11.5 Å². The van der Waals surface area contributed by atoms with Gasteiger partial charge in [0.05, 0.1) is 18.3 Å². The molecule has 1 amide bonds. The number of likely N-dealkylation sites (tertiary alicyclic amines) is 1. The molecule has 28 heavy (non-hydrogen) atoms. The summed E-state index contributed by atoms with van der Waals surface area (Å²) in [7, 11) is 3.56. The number of hydrogen-bond acceptors (Lipinski definition) is 6. The Balaban J connectivity index is 0.00000196. The van der Waals surface area contributed by atoms with E-state index in [-0.39, 0.29) is 30.7 Å². The summed E-state index contributed by atoms with van der Waals surface area (Å²) in [6, 6.07) is 5.37. The Morgan fingerprint density at radius 1 is 1.29 bits per heavy atom. The molecule has 1 aliphatic rings. The first-order valence-corrected chi connectivity index (χ1v) is 9.77. The fraction of sp³-hybridized carbons (Fsp3) is 0.474. The van der Waals surface area contributed by atoms with Crippen molar-refractivity contribution in [2.24, 2.45) is 5.92 Å². The van der Waals surface area contributed by atoms with Crippen molar-refractivity contribution in [2.45, 2.75) is 19.4 Å². The third-order valence-electron chi connectivity index (χ3n) is 4.66. The molecule has 1 aromatic heterocycles. The van der Waals surface area contributed by atoms with Crippen molar-refractivity contribution in [1.29, 1.82) is 0 Å². The maximum atomic E-state index is 12.8. The summed E-state index contributed by atoms with van der Waals surface area (Å²) < 4.78 is 11.2. The average molecular weight is 448 g/mol. The highest BCUT2D eigenvalue weighted by atomic mass is 35.5. The number of thiazole rings is 1. The largest absolute Gasteiger partial charge is 0.493 e. The van der Waals surface area contributed by atoms with Crippen molar-refractivity contribution in [3.05, 3.63) is 40.3 Å². The van der Waals surface area contributed by atoms with Crippen LogP contribution in [0.3, 0.4) is 0 Å². The quantitative estimate of drug-likeness (QED) is 0.701. The molecule has 9 heteroatoms. The molecule has 156 valence electrons. The van der Waals surface area contributed by atoms with Crippen LogP contribution in [0.2, 0.25) is 0 Å². The molecule has 0 atom stereocenters. The monoisotopic (exact) mass is 447 g/mol. The van der Waals surface area contributed by atoms with Crippen molar-refractivity contribution < 1.29 is 14.3 Å². The number of hydrogen-bond donors (Lipinski definition) is 1. The van der Waals surface area contributed by atoms with Gasteiger partial charge in [0.25, 0.3) is 5.91 Å². The Hall–Kier alpha value is -1.54. The molecule has 6 nitrogen and oxygen atoms in total. The van der Waals surface area contributed by atoms with E-state index in [4.69, 9.17) is 9.47 Å². The summed E-state index contributed by atoms with van der Waals surface area (Å²) in [5, 5.41) is 5.17. The molecule has 1 fully saturated rings. The number of carbonyl (C=O) groups is 1. The first-order chi connectivity index (χ1) is 12.7. The zero-order valence-electron chi connectivity index (χ0n) is 16.1. The molecule has 0 spiro atoms. The highest BCUT2D eigenvalue weighted by Gasteiger charge is 2.24. The van der Waals surface area contributed by atoms with Gasteiger partial charge in [-0.3, -0.25) is 4.79 Å². The van der Waals surface area contributed by atoms with E-state index in [1.54, 1.807) is 30.8 Å². The molecule has 0 saturated carbocycles. The van der Waals surface area contributed by atoms with Crippen LogP contribution in [0.25, 0.3) is 0 Å². The number of halogens is 2. The molecule has 1 saturated heterocycles. The van der Waals surface area contributed by atoms with E-state index in [0.717, 1.165) is 38.2 Å². The fourth-order valence-electron chi connectivity index (χ4n) is 3.19. The predicted molar refractivity (Wildman–Crippen MR) is 116 cm³/mol. The molecule has 0 aliphatic carbocycles. The van der Waals surface area contributed by atoms with Crippen LogP contribution in [-0.4, -0.2) is 49.6 Å². The second kappa shape index (κ2) is 12.1. The van der Waals surface area contributed by atoms with Crippen molar-refractivity contribution in [3.63, 3.8) is 0 Å². The van der Waals surface area contributed by atoms with E-state index in [0.29, 0.717) is 29.6 Å². The number of carbonyl (C=O) groups excluding carboxylic acids is 1. The lowest BCUT2D eigenvalue weighted by Crippen LogP contribution is -2.40. The second-order valence-corrected chi connectivity index (χ2v) is 7.15. The minimum atomic E-state index is 0. The summed E-state index contributed by atoms with van der Waals surface area (Å²) in [5.74, 6) is 1.89. The van der Waals surface area contributed by atoms with E-state index in [1.165, 1.54) is 11.3 Å². The van der Waals surface area contributed by atoms with Gasteiger partial charge in [-0.25, -0.2) is 4.98 Å². The molecular weight excluding hydrogens is 421 g/mol. The summed E-state index contributed by atoms with van der Waals surface area (Å²) in [6.07, 6.45) is 2.08. The first kappa shape index (κ1) is 24.5. The molecule has 1 aromatic carbocycles. The van der Waals surface area contributed by atoms with Crippen molar-refractivity contribution in [3.8, 4) is 11.5 Å². The van der Waals surface area contributed by atoms with Crippen LogP contribution in [0, 0.1) is 5.92 Å². The Morgan fingerprint density at radius 3 is 2.64 bits per heavy atom. The number of benzene rings is 1. The van der Waals surface area contributed by atoms with Gasteiger partial charge in [-0.1, -0.05) is 0 Å². The Bertz CT molecular complexity index is 723. The lowest BCUT2D eigenvalue weighted by atomic mass is 9.96. The summed E-state index contributed by atoms with van der Waals surface area (Å²) in [4.78, 5) is 18.9. The number of piperidine rings is 1. The van der Waals surface area contributed by atoms with Crippen LogP contribution in [-0.2, 0) is 6.61 Å². The summed E-state index contributed by atoms with van der Waals surface area (Å²) in [5.41, 5.74) is 3.29. The van der Waals surface area contributed by atoms with E-state index in [1.807, 2.05) is 17.3 Å². The molecule has 3 rings (SSSR count).